The van der Waals surface area contributed by atoms with Crippen molar-refractivity contribution < 1.29 is 82.4 Å². The summed E-state index contributed by atoms with van der Waals surface area (Å²) in [5, 5.41) is 59.2. The van der Waals surface area contributed by atoms with E-state index in [2.05, 4.69) is 68.5 Å². The number of carbonyl (C=O) groups excluding carboxylic acids is 14. The largest absolute Gasteiger partial charge is 0.508 e. The second-order valence-electron chi connectivity index (χ2n) is 28.1. The van der Waals surface area contributed by atoms with Gasteiger partial charge in [-0.1, -0.05) is 60.6 Å². The zero-order valence-electron chi connectivity index (χ0n) is 63.5. The lowest BCUT2D eigenvalue weighted by molar-refractivity contribution is -0.137. The highest BCUT2D eigenvalue weighted by Gasteiger charge is 2.38. The van der Waals surface area contributed by atoms with Crippen LogP contribution >= 0.6 is 0 Å². The number of aliphatic hydroxyl groups excluding tert-OH is 2. The molecule has 0 saturated heterocycles. The summed E-state index contributed by atoms with van der Waals surface area (Å²) >= 11 is 0. The monoisotopic (exact) mass is 1530 g/mol. The second-order valence-corrected chi connectivity index (χ2v) is 28.1. The molecule has 0 aromatic heterocycles. The highest BCUT2D eigenvalue weighted by molar-refractivity contribution is 6.00. The van der Waals surface area contributed by atoms with E-state index in [1.165, 1.54) is 31.2 Å². The number of carbonyl (C=O) groups is 14. The number of unbranched alkanes of at least 4 members (excludes halogenated alkanes) is 2. The van der Waals surface area contributed by atoms with Crippen molar-refractivity contribution in [3.05, 3.63) is 29.8 Å². The number of hydrogen-bond acceptors (Lipinski definition) is 21. The summed E-state index contributed by atoms with van der Waals surface area (Å²) in [5.74, 6) is -14.9. The van der Waals surface area contributed by atoms with Crippen molar-refractivity contribution in [1.29, 1.82) is 0 Å². The number of nitrogens with zero attached hydrogens (tertiary/aromatic N) is 2. The number of aliphatic hydroxyl groups is 2. The first-order valence-electron chi connectivity index (χ1n) is 36.5. The molecule has 0 aliphatic carbocycles. The summed E-state index contributed by atoms with van der Waals surface area (Å²) in [6.45, 7) is 12.8. The molecule has 108 heavy (non-hydrogen) atoms. The van der Waals surface area contributed by atoms with Gasteiger partial charge in [0.2, 0.25) is 82.7 Å². The third-order valence-electron chi connectivity index (χ3n) is 16.8. The van der Waals surface area contributed by atoms with Crippen molar-refractivity contribution in [3.63, 3.8) is 0 Å². The van der Waals surface area contributed by atoms with E-state index in [0.717, 1.165) is 0 Å². The van der Waals surface area contributed by atoms with Gasteiger partial charge in [-0.15, -0.1) is 0 Å². The minimum Gasteiger partial charge on any atom is -0.508 e. The second kappa shape index (κ2) is 51.3. The Balaban J connectivity index is 3.83. The van der Waals surface area contributed by atoms with Gasteiger partial charge in [-0.25, -0.2) is 0 Å². The Labute approximate surface area is 630 Å². The highest BCUT2D eigenvalue weighted by Crippen LogP contribution is 2.17. The first kappa shape index (κ1) is 96.0. The maximum atomic E-state index is 14.9. The van der Waals surface area contributed by atoms with E-state index in [1.54, 1.807) is 48.5 Å². The van der Waals surface area contributed by atoms with E-state index in [0.29, 0.717) is 24.8 Å². The molecule has 0 saturated carbocycles. The minimum absolute atomic E-state index is 0.0232. The number of phenols is 1. The van der Waals surface area contributed by atoms with Crippen LogP contribution in [-0.4, -0.2) is 215 Å². The molecule has 0 aliphatic heterocycles. The van der Waals surface area contributed by atoms with E-state index in [4.69, 9.17) is 51.6 Å². The van der Waals surface area contributed by atoms with Gasteiger partial charge < -0.3 is 125 Å². The summed E-state index contributed by atoms with van der Waals surface area (Å²) < 4.78 is 0. The zero-order chi connectivity index (χ0) is 81.9. The number of guanidine groups is 2. The van der Waals surface area contributed by atoms with Gasteiger partial charge >= 0.3 is 0 Å². The fraction of sp³-hybridized carbons (Fsp3) is 0.681. The van der Waals surface area contributed by atoms with E-state index in [1.807, 2.05) is 0 Å². The fourth-order valence-corrected chi connectivity index (χ4v) is 11.0. The Kier molecular flexibility index (Phi) is 45.6. The molecule has 32 N–H and O–H groups in total. The number of primary amides is 3. The molecule has 0 fully saturated rings. The van der Waals surface area contributed by atoms with Crippen molar-refractivity contribution in [1.82, 2.24) is 58.5 Å². The first-order chi connectivity index (χ1) is 50.7. The third-order valence-corrected chi connectivity index (χ3v) is 16.8. The van der Waals surface area contributed by atoms with Gasteiger partial charge in [0.15, 0.2) is 11.9 Å². The molecule has 39 nitrogen and oxygen atoms in total. The summed E-state index contributed by atoms with van der Waals surface area (Å²) in [6, 6.07) is -11.1. The average molecular weight is 1530 g/mol. The van der Waals surface area contributed by atoms with Crippen LogP contribution in [0.5, 0.6) is 5.75 Å². The van der Waals surface area contributed by atoms with Gasteiger partial charge in [-0.3, -0.25) is 77.1 Å². The van der Waals surface area contributed by atoms with E-state index in [-0.39, 0.29) is 139 Å². The number of benzene rings is 1. The molecule has 610 valence electrons. The van der Waals surface area contributed by atoms with Gasteiger partial charge in [0.05, 0.1) is 12.7 Å². The number of hydrogen-bond donors (Lipinski definition) is 23. The molecule has 0 aliphatic rings. The molecule has 1 aromatic carbocycles. The Morgan fingerprint density at radius 2 is 0.685 bits per heavy atom. The van der Waals surface area contributed by atoms with Crippen LogP contribution in [-0.2, 0) is 73.5 Å². The fourth-order valence-electron chi connectivity index (χ4n) is 11.0. The number of aliphatic imine (C=N–C) groups is 2. The molecule has 0 spiro atoms. The lowest BCUT2D eigenvalue weighted by Crippen LogP contribution is -2.62. The zero-order valence-corrected chi connectivity index (χ0v) is 63.5. The van der Waals surface area contributed by atoms with E-state index < -0.39 is 187 Å². The molecule has 0 heterocycles. The molecule has 0 bridgehead atoms. The number of amides is 14. The van der Waals surface area contributed by atoms with Crippen molar-refractivity contribution in [2.45, 2.75) is 244 Å². The van der Waals surface area contributed by atoms with Crippen LogP contribution in [0.4, 0.5) is 0 Å². The number of phenolic OH excluding ortho intramolecular Hbond substituents is 1. The quantitative estimate of drug-likeness (QED) is 0.0164. The molecule has 1 rings (SSSR count). The Morgan fingerprint density at radius 1 is 0.370 bits per heavy atom. The van der Waals surface area contributed by atoms with Crippen molar-refractivity contribution >= 4 is 94.6 Å². The molecule has 0 radical (unpaired) electrons. The van der Waals surface area contributed by atoms with Crippen LogP contribution in [0.25, 0.3) is 0 Å². The first-order valence-corrected chi connectivity index (χ1v) is 36.5. The highest BCUT2D eigenvalue weighted by atomic mass is 16.3. The number of aromatic hydroxyl groups is 1. The van der Waals surface area contributed by atoms with Crippen LogP contribution in [0, 0.1) is 23.7 Å². The van der Waals surface area contributed by atoms with Crippen LogP contribution in [0.1, 0.15) is 170 Å². The van der Waals surface area contributed by atoms with Crippen molar-refractivity contribution in [2.24, 2.45) is 85.3 Å². The summed E-state index contributed by atoms with van der Waals surface area (Å²) in [4.78, 5) is 201. The normalized spacial score (nSPS) is 14.8. The maximum absolute atomic E-state index is 14.9. The molecule has 13 atom stereocenters. The van der Waals surface area contributed by atoms with Crippen LogP contribution in [0.3, 0.4) is 0 Å². The van der Waals surface area contributed by atoms with Gasteiger partial charge in [0.25, 0.3) is 0 Å². The number of rotatable bonds is 55. The summed E-state index contributed by atoms with van der Waals surface area (Å²) in [5.41, 5.74) is 50.5. The van der Waals surface area contributed by atoms with Gasteiger partial charge in [0, 0.05) is 38.3 Å². The molecule has 14 amide bonds. The molecular weight excluding hydrogens is 1410 g/mol. The van der Waals surface area contributed by atoms with Crippen LogP contribution < -0.4 is 110 Å². The number of nitrogens with two attached hydrogens (primary N) is 9. The lowest BCUT2D eigenvalue weighted by atomic mass is 9.99. The average Bonchev–Trinajstić information content (AvgIpc) is 0.861. The SMILES string of the molecule is CC(C)C[C@H](NC(=O)[C@@H](NC(=O)[C@H](CO)NC(=O)[C@H](CCCCN)NC(=O)[C@H](CC(C)C)NC(=O)[C@H](CC(C)C)NC(=O)[C@H](CCCCN)NC(=O)[C@H](CCCN=C(N)N)NC(=O)[C@H](Cc1ccc(O)cc1)NC(=O)[C@H](CCC(N)=O)NC(=O)[C@H](CCC(N)=O)NC(=O)[C@@H](C)CCCN=C(N)N)[C@@H](C)O)C(N)=O. The smallest absolute Gasteiger partial charge is 0.245 e. The van der Waals surface area contributed by atoms with Gasteiger partial charge in [-0.2, -0.15) is 0 Å². The Bertz CT molecular complexity index is 3150. The molecular formula is C69H122N22O17. The van der Waals surface area contributed by atoms with E-state index >= 15 is 0 Å². The minimum atomic E-state index is -1.76. The Morgan fingerprint density at radius 3 is 1.05 bits per heavy atom. The van der Waals surface area contributed by atoms with Crippen LogP contribution in [0.15, 0.2) is 34.3 Å². The van der Waals surface area contributed by atoms with Crippen LogP contribution in [0.2, 0.25) is 0 Å². The Hall–Kier alpha value is -10.0. The van der Waals surface area contributed by atoms with Gasteiger partial charge in [-0.05, 0) is 152 Å². The maximum Gasteiger partial charge on any atom is 0.245 e. The molecule has 1 aromatic rings. The molecule has 39 heteroatoms. The molecule has 0 unspecified atom stereocenters. The topological polar surface area (TPSA) is 691 Å². The van der Waals surface area contributed by atoms with Crippen molar-refractivity contribution in [3.8, 4) is 5.75 Å². The third kappa shape index (κ3) is 39.5. The number of nitrogens with one attached hydrogen (secondary N) is 11. The summed E-state index contributed by atoms with van der Waals surface area (Å²) in [7, 11) is 0. The lowest BCUT2D eigenvalue weighted by Gasteiger charge is -2.29. The predicted molar refractivity (Wildman–Crippen MR) is 401 cm³/mol. The van der Waals surface area contributed by atoms with Crippen molar-refractivity contribution in [2.75, 3.05) is 32.8 Å². The van der Waals surface area contributed by atoms with E-state index in [9.17, 15) is 82.4 Å². The standard InChI is InChI=1S/C69H122N22O17/c1-36(2)31-48(56(74)97)86-67(108)55(40(8)93)91-66(107)52(35-92)90-60(101)44(17-10-12-28-71)83-63(104)49(32-37(3)4)88-64(105)50(33-38(5)6)87-59(100)43(16-9-11-27-70)82-58(99)45(18-14-30-80-69(77)78)84-65(106)51(34-41-19-21-42(94)22-20-41)89-62(103)47(24-26-54(73)96)85-61(102)46(23-25-53(72)95)81-57(98)39(7)15-13-29-79-68(75)76/h19-22,36-40,43-52,55,92-94H,9-18,23-35,70-71H2,1-8H3,(H2,72,95)(H2,73,96)(H2,74,97)(H,81,98)(H,82,99)(H,83,104)(H,84,106)(H,85,102)(H,86,108)(H,87,100)(H,88,105)(H,89,103)(H,90,101)(H,91,107)(H4,75,76,79)(H4,77,78,80)/t39-,40+,43-,44-,45-,46-,47-,48-,49-,50-,51-,52-,55-/m0/s1. The summed E-state index contributed by atoms with van der Waals surface area (Å²) in [6.07, 6.45) is -1.95. The van der Waals surface area contributed by atoms with Gasteiger partial charge in [0.1, 0.15) is 72.2 Å². The predicted octanol–water partition coefficient (Wildman–Crippen LogP) is -6.20.